The highest BCUT2D eigenvalue weighted by Crippen LogP contribution is 2.28. The molecule has 0 saturated carbocycles. The first-order valence-electron chi connectivity index (χ1n) is 8.94. The molecule has 0 saturated heterocycles. The Morgan fingerprint density at radius 3 is 2.33 bits per heavy atom. The van der Waals surface area contributed by atoms with Crippen molar-refractivity contribution in [2.45, 2.75) is 46.2 Å². The number of nitrogens with one attached hydrogen (secondary N) is 1. The highest BCUT2D eigenvalue weighted by molar-refractivity contribution is 6.18. The number of rotatable bonds is 3. The maximum atomic E-state index is 12.3. The summed E-state index contributed by atoms with van der Waals surface area (Å²) in [5.41, 5.74) is 3.59. The second-order valence-electron chi connectivity index (χ2n) is 7.49. The lowest BCUT2D eigenvalue weighted by Crippen LogP contribution is -2.57. The van der Waals surface area contributed by atoms with E-state index in [0.717, 1.165) is 5.39 Å². The van der Waals surface area contributed by atoms with Gasteiger partial charge in [-0.3, -0.25) is 4.79 Å². The molecule has 7 heteroatoms. The third kappa shape index (κ3) is 4.31. The number of fused-ring (bicyclic) bond motifs is 1. The molecule has 1 unspecified atom stereocenters. The van der Waals surface area contributed by atoms with Crippen molar-refractivity contribution in [3.63, 3.8) is 0 Å². The van der Waals surface area contributed by atoms with Gasteiger partial charge in [0.05, 0.1) is 17.1 Å². The smallest absolute Gasteiger partial charge is 0.338 e. The van der Waals surface area contributed by atoms with Crippen LogP contribution in [-0.2, 0) is 4.79 Å². The van der Waals surface area contributed by atoms with Gasteiger partial charge in [-0.1, -0.05) is 32.0 Å². The Kier molecular flexibility index (Phi) is 5.95. The maximum Gasteiger partial charge on any atom is 0.338 e. The van der Waals surface area contributed by atoms with Gasteiger partial charge < -0.3 is 16.2 Å². The van der Waals surface area contributed by atoms with Crippen molar-refractivity contribution in [1.82, 2.24) is 10.3 Å². The monoisotopic (exact) mass is 371 g/mol. The van der Waals surface area contributed by atoms with E-state index in [1.54, 1.807) is 25.1 Å². The number of quaternary nitrogens is 1. The quantitative estimate of drug-likeness (QED) is 0.763. The van der Waals surface area contributed by atoms with Crippen molar-refractivity contribution in [2.75, 3.05) is 0 Å². The molecule has 1 aliphatic heterocycles. The number of pyridine rings is 1. The molecule has 0 spiro atoms. The minimum absolute atomic E-state index is 0.0197. The summed E-state index contributed by atoms with van der Waals surface area (Å²) in [5, 5.41) is 12.9. The Morgan fingerprint density at radius 1 is 1.22 bits per heavy atom. The van der Waals surface area contributed by atoms with Crippen LogP contribution < -0.4 is 11.1 Å². The predicted molar refractivity (Wildman–Crippen MR) is 105 cm³/mol. The van der Waals surface area contributed by atoms with Crippen LogP contribution in [0.5, 0.6) is 0 Å². The van der Waals surface area contributed by atoms with Crippen LogP contribution in [0, 0.1) is 5.92 Å². The van der Waals surface area contributed by atoms with Gasteiger partial charge in [0.2, 0.25) is 0 Å². The van der Waals surface area contributed by atoms with Crippen molar-refractivity contribution in [2.24, 2.45) is 10.9 Å². The van der Waals surface area contributed by atoms with Crippen LogP contribution in [0.25, 0.3) is 10.9 Å². The van der Waals surface area contributed by atoms with E-state index < -0.39 is 11.5 Å². The Balaban J connectivity index is 0.000000596. The number of aromatic nitrogens is 1. The van der Waals surface area contributed by atoms with Crippen LogP contribution in [0.3, 0.4) is 0 Å². The van der Waals surface area contributed by atoms with E-state index in [4.69, 9.17) is 0 Å². The molecule has 0 aliphatic carbocycles. The normalized spacial score (nSPS) is 19.0. The number of nitrogens with zero attached hydrogens (tertiary/aromatic N) is 2. The molecule has 1 amide bonds. The number of benzene rings is 1. The third-order valence-electron chi connectivity index (χ3n) is 4.34. The lowest BCUT2D eigenvalue weighted by molar-refractivity contribution is -0.407. The maximum absolute atomic E-state index is 12.3. The summed E-state index contributed by atoms with van der Waals surface area (Å²) >= 11 is 0. The van der Waals surface area contributed by atoms with Crippen LogP contribution in [0.1, 0.15) is 50.7 Å². The Bertz CT molecular complexity index is 902. The predicted octanol–water partition coefficient (Wildman–Crippen LogP) is 1.86. The third-order valence-corrected chi connectivity index (χ3v) is 4.34. The van der Waals surface area contributed by atoms with E-state index in [1.165, 1.54) is 0 Å². The van der Waals surface area contributed by atoms with Gasteiger partial charge in [-0.25, -0.2) is 14.8 Å². The molecule has 7 nitrogen and oxygen atoms in total. The van der Waals surface area contributed by atoms with Gasteiger partial charge in [-0.2, -0.15) is 0 Å². The number of amidine groups is 1. The topological polar surface area (TPSA) is 119 Å². The second kappa shape index (κ2) is 7.84. The Hall–Kier alpha value is -2.80. The molecular weight excluding hydrogens is 344 g/mol. The highest BCUT2D eigenvalue weighted by atomic mass is 16.4. The molecule has 2 heterocycles. The summed E-state index contributed by atoms with van der Waals surface area (Å²) in [6.07, 6.45) is 0. The molecule has 1 aromatic carbocycles. The molecule has 0 bridgehead atoms. The SMILES string of the molecule is CC(C)C1(C)N=C(c2nc3ccccc3cc2C(=O)O)NC1=O.CC(C)[NH3+]. The lowest BCUT2D eigenvalue weighted by atomic mass is 9.89. The molecule has 0 fully saturated rings. The molecule has 3 rings (SSSR count). The highest BCUT2D eigenvalue weighted by Gasteiger charge is 2.43. The van der Waals surface area contributed by atoms with Crippen LogP contribution in [-0.4, -0.2) is 39.4 Å². The van der Waals surface area contributed by atoms with Gasteiger partial charge in [0.25, 0.3) is 5.91 Å². The van der Waals surface area contributed by atoms with Crippen LogP contribution in [0.2, 0.25) is 0 Å². The standard InChI is InChI=1S/C17H17N3O3.C3H9N/c1-9(2)17(3)16(23)19-14(20-17)13-11(15(21)22)8-10-6-4-5-7-12(10)18-13;1-3(2)4/h4-9H,1-3H3,(H,21,22)(H,19,20,23);3H,4H2,1-2H3/p+1. The molecular formula is C20H27N4O3+. The van der Waals surface area contributed by atoms with Gasteiger partial charge >= 0.3 is 5.97 Å². The summed E-state index contributed by atoms with van der Waals surface area (Å²) in [4.78, 5) is 32.7. The molecule has 27 heavy (non-hydrogen) atoms. The number of para-hydroxylation sites is 1. The van der Waals surface area contributed by atoms with Gasteiger partial charge in [0.1, 0.15) is 11.2 Å². The van der Waals surface area contributed by atoms with E-state index in [9.17, 15) is 14.7 Å². The summed E-state index contributed by atoms with van der Waals surface area (Å²) in [5.74, 6) is -1.15. The van der Waals surface area contributed by atoms with Crippen LogP contribution in [0.15, 0.2) is 35.3 Å². The Labute approximate surface area is 158 Å². The van der Waals surface area contributed by atoms with E-state index in [0.29, 0.717) is 11.6 Å². The summed E-state index contributed by atoms with van der Waals surface area (Å²) in [7, 11) is 0. The van der Waals surface area contributed by atoms with Gasteiger partial charge in [-0.15, -0.1) is 0 Å². The Morgan fingerprint density at radius 2 is 1.81 bits per heavy atom. The van der Waals surface area contributed by atoms with Gasteiger partial charge in [-0.05, 0) is 38.8 Å². The summed E-state index contributed by atoms with van der Waals surface area (Å²) < 4.78 is 0. The minimum atomic E-state index is -1.10. The zero-order chi connectivity index (χ0) is 20.4. The molecule has 1 aromatic heterocycles. The fraction of sp³-hybridized carbons (Fsp3) is 0.400. The zero-order valence-electron chi connectivity index (χ0n) is 16.4. The number of amides is 1. The van der Waals surface area contributed by atoms with Crippen molar-refractivity contribution in [3.8, 4) is 0 Å². The van der Waals surface area contributed by atoms with Crippen molar-refractivity contribution < 1.29 is 20.4 Å². The largest absolute Gasteiger partial charge is 0.478 e. The van der Waals surface area contributed by atoms with Gasteiger partial charge in [0.15, 0.2) is 5.84 Å². The van der Waals surface area contributed by atoms with Gasteiger partial charge in [0, 0.05) is 5.39 Å². The molecule has 1 atom stereocenters. The van der Waals surface area contributed by atoms with E-state index in [2.05, 4.69) is 34.9 Å². The molecule has 5 N–H and O–H groups in total. The van der Waals surface area contributed by atoms with E-state index in [1.807, 2.05) is 26.0 Å². The molecule has 0 radical (unpaired) electrons. The molecule has 1 aliphatic rings. The van der Waals surface area contributed by atoms with Crippen molar-refractivity contribution in [1.29, 1.82) is 0 Å². The first-order valence-corrected chi connectivity index (χ1v) is 8.94. The number of carboxylic acid groups (broad SMARTS) is 1. The second-order valence-corrected chi connectivity index (χ2v) is 7.49. The van der Waals surface area contributed by atoms with Crippen LogP contribution >= 0.6 is 0 Å². The number of aromatic carboxylic acids is 1. The number of carbonyl (C=O) groups is 2. The number of aliphatic imine (C=N–C) groups is 1. The number of carboxylic acids is 1. The minimum Gasteiger partial charge on any atom is -0.478 e. The average molecular weight is 371 g/mol. The molecule has 144 valence electrons. The first kappa shape index (κ1) is 20.5. The lowest BCUT2D eigenvalue weighted by Gasteiger charge is -2.21. The van der Waals surface area contributed by atoms with E-state index >= 15 is 0 Å². The van der Waals surface area contributed by atoms with Crippen LogP contribution in [0.4, 0.5) is 0 Å². The van der Waals surface area contributed by atoms with Crippen molar-refractivity contribution in [3.05, 3.63) is 41.6 Å². The number of hydrogen-bond donors (Lipinski definition) is 3. The summed E-state index contributed by atoms with van der Waals surface area (Å²) in [6.45, 7) is 9.65. The average Bonchev–Trinajstić information content (AvgIpc) is 2.89. The molecule has 2 aromatic rings. The number of hydrogen-bond acceptors (Lipinski definition) is 4. The fourth-order valence-electron chi connectivity index (χ4n) is 2.51. The summed E-state index contributed by atoms with van der Waals surface area (Å²) in [6, 6.07) is 9.38. The fourth-order valence-corrected chi connectivity index (χ4v) is 2.51. The van der Waals surface area contributed by atoms with Crippen molar-refractivity contribution >= 4 is 28.6 Å². The number of carbonyl (C=O) groups excluding carboxylic acids is 1. The zero-order valence-corrected chi connectivity index (χ0v) is 16.4. The van der Waals surface area contributed by atoms with E-state index in [-0.39, 0.29) is 28.9 Å². The first-order chi connectivity index (χ1) is 12.6.